The van der Waals surface area contributed by atoms with Crippen LogP contribution in [0.3, 0.4) is 0 Å². The van der Waals surface area contributed by atoms with E-state index in [1.165, 1.54) is 11.1 Å². The smallest absolute Gasteiger partial charge is 0.183 e. The van der Waals surface area contributed by atoms with Crippen LogP contribution in [0.2, 0.25) is 0 Å². The molecule has 2 aromatic rings. The van der Waals surface area contributed by atoms with Gasteiger partial charge >= 0.3 is 0 Å². The second-order valence-corrected chi connectivity index (χ2v) is 7.88. The molecule has 1 unspecified atom stereocenters. The van der Waals surface area contributed by atoms with Gasteiger partial charge in [-0.2, -0.15) is 0 Å². The molecule has 0 bridgehead atoms. The van der Waals surface area contributed by atoms with Gasteiger partial charge < -0.3 is 9.73 Å². The maximum absolute atomic E-state index is 5.57. The van der Waals surface area contributed by atoms with Crippen molar-refractivity contribution in [2.45, 2.75) is 45.7 Å². The Labute approximate surface area is 143 Å². The summed E-state index contributed by atoms with van der Waals surface area (Å²) in [6.07, 6.45) is 0. The number of hydrogen-bond acceptors (Lipinski definition) is 2. The van der Waals surface area contributed by atoms with E-state index < -0.39 is 0 Å². The Kier molecular flexibility index (Phi) is 5.33. The van der Waals surface area contributed by atoms with Crippen LogP contribution >= 0.6 is 31.9 Å². The molecule has 2 rings (SSSR count). The SMILES string of the molecule is CC(NCc1cc(Br)c(Br)o1)c1ccc(C(C)(C)C)cc1. The Bertz CT molecular complexity index is 577. The highest BCUT2D eigenvalue weighted by Crippen LogP contribution is 2.27. The Morgan fingerprint density at radius 1 is 1.14 bits per heavy atom. The number of furan rings is 1. The first-order valence-electron chi connectivity index (χ1n) is 7.05. The third kappa shape index (κ3) is 4.44. The predicted molar refractivity (Wildman–Crippen MR) is 94.5 cm³/mol. The van der Waals surface area contributed by atoms with Crippen molar-refractivity contribution in [3.63, 3.8) is 0 Å². The maximum atomic E-state index is 5.57. The van der Waals surface area contributed by atoms with Crippen molar-refractivity contribution in [2.24, 2.45) is 0 Å². The summed E-state index contributed by atoms with van der Waals surface area (Å²) < 4.78 is 7.25. The fourth-order valence-corrected chi connectivity index (χ4v) is 2.78. The van der Waals surface area contributed by atoms with E-state index in [4.69, 9.17) is 4.42 Å². The van der Waals surface area contributed by atoms with Gasteiger partial charge in [-0.25, -0.2) is 0 Å². The molecule has 0 aliphatic carbocycles. The summed E-state index contributed by atoms with van der Waals surface area (Å²) in [7, 11) is 0. The molecule has 114 valence electrons. The van der Waals surface area contributed by atoms with Gasteiger partial charge in [0, 0.05) is 6.04 Å². The van der Waals surface area contributed by atoms with Crippen molar-refractivity contribution in [2.75, 3.05) is 0 Å². The highest BCUT2D eigenvalue weighted by atomic mass is 79.9. The number of benzene rings is 1. The number of nitrogens with one attached hydrogen (secondary N) is 1. The fourth-order valence-electron chi connectivity index (χ4n) is 2.12. The minimum atomic E-state index is 0.196. The minimum Gasteiger partial charge on any atom is -0.452 e. The summed E-state index contributed by atoms with van der Waals surface area (Å²) in [5.74, 6) is 0.909. The Morgan fingerprint density at radius 2 is 1.76 bits per heavy atom. The molecule has 0 amide bonds. The first-order valence-corrected chi connectivity index (χ1v) is 8.63. The van der Waals surface area contributed by atoms with E-state index in [2.05, 4.69) is 89.1 Å². The molecule has 1 N–H and O–H groups in total. The van der Waals surface area contributed by atoms with Crippen molar-refractivity contribution >= 4 is 31.9 Å². The minimum absolute atomic E-state index is 0.196. The molecule has 0 radical (unpaired) electrons. The molecule has 1 aromatic heterocycles. The monoisotopic (exact) mass is 413 g/mol. The Morgan fingerprint density at radius 3 is 2.24 bits per heavy atom. The van der Waals surface area contributed by atoms with Crippen LogP contribution < -0.4 is 5.32 Å². The lowest BCUT2D eigenvalue weighted by Crippen LogP contribution is -2.18. The Balaban J connectivity index is 1.98. The van der Waals surface area contributed by atoms with Gasteiger partial charge in [0.15, 0.2) is 4.67 Å². The van der Waals surface area contributed by atoms with Crippen LogP contribution in [-0.4, -0.2) is 0 Å². The summed E-state index contributed by atoms with van der Waals surface area (Å²) in [4.78, 5) is 0. The van der Waals surface area contributed by atoms with E-state index in [9.17, 15) is 0 Å². The van der Waals surface area contributed by atoms with Gasteiger partial charge in [-0.1, -0.05) is 45.0 Å². The third-order valence-corrected chi connectivity index (χ3v) is 5.27. The molecule has 4 heteroatoms. The molecular weight excluding hydrogens is 394 g/mol. The molecule has 0 saturated carbocycles. The molecule has 1 aromatic carbocycles. The van der Waals surface area contributed by atoms with Crippen LogP contribution in [-0.2, 0) is 12.0 Å². The van der Waals surface area contributed by atoms with Crippen LogP contribution in [0, 0.1) is 0 Å². The first kappa shape index (κ1) is 16.8. The van der Waals surface area contributed by atoms with Gasteiger partial charge in [-0.05, 0) is 61.4 Å². The summed E-state index contributed by atoms with van der Waals surface area (Å²) in [6, 6.07) is 11.1. The molecule has 1 heterocycles. The number of rotatable bonds is 4. The standard InChI is InChI=1S/C17H21Br2NO/c1-11(20-10-14-9-15(18)16(19)21-14)12-5-7-13(8-6-12)17(2,3)4/h5-9,11,20H,10H2,1-4H3. The van der Waals surface area contributed by atoms with E-state index in [0.717, 1.165) is 14.9 Å². The lowest BCUT2D eigenvalue weighted by atomic mass is 9.86. The van der Waals surface area contributed by atoms with E-state index in [-0.39, 0.29) is 11.5 Å². The second kappa shape index (κ2) is 6.67. The molecule has 0 saturated heterocycles. The Hall–Kier alpha value is -0.580. The van der Waals surface area contributed by atoms with Crippen molar-refractivity contribution in [3.05, 3.63) is 56.4 Å². The molecule has 0 spiro atoms. The van der Waals surface area contributed by atoms with Gasteiger partial charge in [-0.3, -0.25) is 0 Å². The van der Waals surface area contributed by atoms with E-state index in [1.807, 2.05) is 6.07 Å². The van der Waals surface area contributed by atoms with Crippen molar-refractivity contribution < 1.29 is 4.42 Å². The van der Waals surface area contributed by atoms with Gasteiger partial charge in [0.1, 0.15) is 5.76 Å². The van der Waals surface area contributed by atoms with Gasteiger partial charge in [0.2, 0.25) is 0 Å². The zero-order valence-electron chi connectivity index (χ0n) is 12.8. The predicted octanol–water partition coefficient (Wildman–Crippen LogP) is 5.95. The van der Waals surface area contributed by atoms with Crippen LogP contribution in [0.25, 0.3) is 0 Å². The van der Waals surface area contributed by atoms with Gasteiger partial charge in [0.05, 0.1) is 11.0 Å². The molecule has 0 aliphatic rings. The molecule has 0 fully saturated rings. The van der Waals surface area contributed by atoms with Crippen LogP contribution in [0.15, 0.2) is 43.9 Å². The number of hydrogen-bond donors (Lipinski definition) is 1. The summed E-state index contributed by atoms with van der Waals surface area (Å²) in [6.45, 7) is 9.56. The average molecular weight is 415 g/mol. The zero-order chi connectivity index (χ0) is 15.6. The van der Waals surface area contributed by atoms with E-state index in [0.29, 0.717) is 6.54 Å². The van der Waals surface area contributed by atoms with Gasteiger partial charge in [0.25, 0.3) is 0 Å². The zero-order valence-corrected chi connectivity index (χ0v) is 16.0. The molecule has 21 heavy (non-hydrogen) atoms. The lowest BCUT2D eigenvalue weighted by Gasteiger charge is -2.20. The van der Waals surface area contributed by atoms with Crippen LogP contribution in [0.1, 0.15) is 50.6 Å². The quantitative estimate of drug-likeness (QED) is 0.668. The summed E-state index contributed by atoms with van der Waals surface area (Å²) in [5, 5.41) is 3.48. The second-order valence-electron chi connectivity index (χ2n) is 6.31. The van der Waals surface area contributed by atoms with Gasteiger partial charge in [-0.15, -0.1) is 0 Å². The van der Waals surface area contributed by atoms with Crippen LogP contribution in [0.4, 0.5) is 0 Å². The summed E-state index contributed by atoms with van der Waals surface area (Å²) in [5.41, 5.74) is 2.84. The topological polar surface area (TPSA) is 25.2 Å². The first-order chi connectivity index (χ1) is 9.77. The summed E-state index contributed by atoms with van der Waals surface area (Å²) >= 11 is 6.78. The highest BCUT2D eigenvalue weighted by Gasteiger charge is 2.14. The molecular formula is C17H21Br2NO. The molecule has 0 aliphatic heterocycles. The van der Waals surface area contributed by atoms with Crippen LogP contribution in [0.5, 0.6) is 0 Å². The lowest BCUT2D eigenvalue weighted by molar-refractivity contribution is 0.446. The van der Waals surface area contributed by atoms with Crippen molar-refractivity contribution in [3.8, 4) is 0 Å². The largest absolute Gasteiger partial charge is 0.452 e. The van der Waals surface area contributed by atoms with Crippen molar-refractivity contribution in [1.82, 2.24) is 5.32 Å². The normalized spacial score (nSPS) is 13.4. The molecule has 2 nitrogen and oxygen atoms in total. The van der Waals surface area contributed by atoms with Crippen molar-refractivity contribution in [1.29, 1.82) is 0 Å². The molecule has 1 atom stereocenters. The maximum Gasteiger partial charge on any atom is 0.183 e. The third-order valence-electron chi connectivity index (χ3n) is 3.56. The fraction of sp³-hybridized carbons (Fsp3) is 0.412. The number of halogens is 2. The van der Waals surface area contributed by atoms with E-state index >= 15 is 0 Å². The van der Waals surface area contributed by atoms with E-state index in [1.54, 1.807) is 0 Å². The average Bonchev–Trinajstić information content (AvgIpc) is 2.74. The highest BCUT2D eigenvalue weighted by molar-refractivity contribution is 9.13.